The average Bonchev–Trinajstić information content (AvgIpc) is 2.69. The highest BCUT2D eigenvalue weighted by Crippen LogP contribution is 2.14. The van der Waals surface area contributed by atoms with Gasteiger partial charge in [0.05, 0.1) is 0 Å². The van der Waals surface area contributed by atoms with E-state index in [1.807, 2.05) is 6.07 Å². The molecule has 0 atom stereocenters. The van der Waals surface area contributed by atoms with Gasteiger partial charge in [0.2, 0.25) is 0 Å². The number of amides is 2. The van der Waals surface area contributed by atoms with Crippen LogP contribution in [-0.4, -0.2) is 21.8 Å². The van der Waals surface area contributed by atoms with E-state index in [4.69, 9.17) is 11.6 Å². The number of anilines is 1. The Morgan fingerprint density at radius 2 is 1.81 bits per heavy atom. The summed E-state index contributed by atoms with van der Waals surface area (Å²) in [5.74, 6) is -0.703. The molecule has 0 spiro atoms. The second kappa shape index (κ2) is 8.22. The fourth-order valence-electron chi connectivity index (χ4n) is 2.21. The van der Waals surface area contributed by atoms with Gasteiger partial charge >= 0.3 is 0 Å². The van der Waals surface area contributed by atoms with Crippen molar-refractivity contribution in [1.82, 2.24) is 15.3 Å². The topological polar surface area (TPSA) is 84.0 Å². The molecule has 0 aliphatic heterocycles. The number of carbonyl (C=O) groups excluding carboxylic acids is 2. The van der Waals surface area contributed by atoms with Crippen LogP contribution in [0, 0.1) is 0 Å². The molecule has 0 fully saturated rings. The Morgan fingerprint density at radius 3 is 2.54 bits per heavy atom. The molecular formula is C19H15ClN4O2. The minimum absolute atomic E-state index is 0.147. The number of hydrogen-bond donors (Lipinski definition) is 2. The van der Waals surface area contributed by atoms with E-state index in [1.54, 1.807) is 48.8 Å². The van der Waals surface area contributed by atoms with Crippen molar-refractivity contribution in [2.45, 2.75) is 6.54 Å². The molecule has 1 aromatic carbocycles. The molecule has 3 aromatic rings. The van der Waals surface area contributed by atoms with E-state index in [2.05, 4.69) is 20.6 Å². The van der Waals surface area contributed by atoms with Crippen LogP contribution in [0.25, 0.3) is 0 Å². The van der Waals surface area contributed by atoms with Crippen LogP contribution in [0.4, 0.5) is 5.69 Å². The van der Waals surface area contributed by atoms with Crippen LogP contribution in [-0.2, 0) is 6.54 Å². The predicted octanol–water partition coefficient (Wildman–Crippen LogP) is 3.31. The first-order valence-electron chi connectivity index (χ1n) is 7.82. The average molecular weight is 367 g/mol. The van der Waals surface area contributed by atoms with Crippen molar-refractivity contribution in [2.75, 3.05) is 5.32 Å². The number of hydrogen-bond acceptors (Lipinski definition) is 4. The molecule has 0 aliphatic rings. The first kappa shape index (κ1) is 17.6. The van der Waals surface area contributed by atoms with Crippen molar-refractivity contribution in [2.24, 2.45) is 0 Å². The fourth-order valence-corrected chi connectivity index (χ4v) is 2.34. The molecule has 2 heterocycles. The predicted molar refractivity (Wildman–Crippen MR) is 99.0 cm³/mol. The second-order valence-corrected chi connectivity index (χ2v) is 5.87. The summed E-state index contributed by atoms with van der Waals surface area (Å²) in [6.07, 6.45) is 4.77. The summed E-state index contributed by atoms with van der Waals surface area (Å²) in [6.45, 7) is 0.349. The van der Waals surface area contributed by atoms with Gasteiger partial charge in [0.1, 0.15) is 5.69 Å². The van der Waals surface area contributed by atoms with Gasteiger partial charge < -0.3 is 10.6 Å². The Balaban J connectivity index is 1.66. The molecule has 3 rings (SSSR count). The zero-order valence-electron chi connectivity index (χ0n) is 13.6. The van der Waals surface area contributed by atoms with E-state index < -0.39 is 5.91 Å². The Hall–Kier alpha value is -3.25. The van der Waals surface area contributed by atoms with E-state index in [1.165, 1.54) is 12.3 Å². The number of halogens is 1. The second-order valence-electron chi connectivity index (χ2n) is 5.43. The maximum atomic E-state index is 12.3. The molecule has 7 heteroatoms. The lowest BCUT2D eigenvalue weighted by Gasteiger charge is -2.07. The molecule has 130 valence electrons. The van der Waals surface area contributed by atoms with Gasteiger partial charge in [0.25, 0.3) is 11.8 Å². The normalized spacial score (nSPS) is 10.2. The molecule has 26 heavy (non-hydrogen) atoms. The first-order valence-corrected chi connectivity index (χ1v) is 8.20. The highest BCUT2D eigenvalue weighted by atomic mass is 35.5. The van der Waals surface area contributed by atoms with Gasteiger partial charge in [0.15, 0.2) is 0 Å². The third-order valence-corrected chi connectivity index (χ3v) is 3.78. The number of nitrogens with zero attached hydrogens (tertiary/aromatic N) is 2. The molecule has 0 unspecified atom stereocenters. The lowest BCUT2D eigenvalue weighted by atomic mass is 10.2. The highest BCUT2D eigenvalue weighted by molar-refractivity contribution is 6.30. The minimum atomic E-state index is -0.408. The summed E-state index contributed by atoms with van der Waals surface area (Å²) in [4.78, 5) is 32.6. The van der Waals surface area contributed by atoms with Crippen molar-refractivity contribution < 1.29 is 9.59 Å². The number of nitrogens with one attached hydrogen (secondary N) is 2. The zero-order valence-corrected chi connectivity index (χ0v) is 14.4. The summed E-state index contributed by atoms with van der Waals surface area (Å²) in [5, 5.41) is 6.07. The summed E-state index contributed by atoms with van der Waals surface area (Å²) < 4.78 is 0. The van der Waals surface area contributed by atoms with Crippen LogP contribution in [0.2, 0.25) is 5.02 Å². The van der Waals surface area contributed by atoms with E-state index in [9.17, 15) is 9.59 Å². The summed E-state index contributed by atoms with van der Waals surface area (Å²) in [7, 11) is 0. The lowest BCUT2D eigenvalue weighted by Crippen LogP contribution is -2.23. The first-order chi connectivity index (χ1) is 12.6. The van der Waals surface area contributed by atoms with E-state index in [0.717, 1.165) is 5.56 Å². The molecule has 2 N–H and O–H groups in total. The quantitative estimate of drug-likeness (QED) is 0.725. The van der Waals surface area contributed by atoms with Crippen molar-refractivity contribution in [3.05, 3.63) is 89.0 Å². The zero-order chi connectivity index (χ0) is 18.4. The maximum Gasteiger partial charge on any atom is 0.274 e. The van der Waals surface area contributed by atoms with Gasteiger partial charge in [0, 0.05) is 41.4 Å². The SMILES string of the molecule is O=C(NCc1cccnc1)c1ccnc(C(=O)Nc2ccc(Cl)cc2)c1. The van der Waals surface area contributed by atoms with Gasteiger partial charge in [-0.1, -0.05) is 17.7 Å². The minimum Gasteiger partial charge on any atom is -0.348 e. The van der Waals surface area contributed by atoms with Crippen molar-refractivity contribution in [1.29, 1.82) is 0 Å². The van der Waals surface area contributed by atoms with Gasteiger partial charge in [-0.2, -0.15) is 0 Å². The monoisotopic (exact) mass is 366 g/mol. The van der Waals surface area contributed by atoms with Gasteiger partial charge in [-0.05, 0) is 48.0 Å². The number of carbonyl (C=O) groups is 2. The van der Waals surface area contributed by atoms with Gasteiger partial charge in [-0.3, -0.25) is 19.6 Å². The van der Waals surface area contributed by atoms with Gasteiger partial charge in [-0.15, -0.1) is 0 Å². The molecule has 0 saturated carbocycles. The van der Waals surface area contributed by atoms with Crippen molar-refractivity contribution >= 4 is 29.1 Å². The molecule has 2 amide bonds. The number of benzene rings is 1. The third-order valence-electron chi connectivity index (χ3n) is 3.53. The molecular weight excluding hydrogens is 352 g/mol. The Kier molecular flexibility index (Phi) is 5.56. The Morgan fingerprint density at radius 1 is 1.00 bits per heavy atom. The third kappa shape index (κ3) is 4.64. The summed E-state index contributed by atoms with van der Waals surface area (Å²) >= 11 is 5.82. The molecule has 0 bridgehead atoms. The van der Waals surface area contributed by atoms with Crippen LogP contribution >= 0.6 is 11.6 Å². The van der Waals surface area contributed by atoms with E-state index >= 15 is 0 Å². The van der Waals surface area contributed by atoms with Crippen LogP contribution in [0.15, 0.2) is 67.1 Å². The number of pyridine rings is 2. The molecule has 0 aliphatic carbocycles. The largest absolute Gasteiger partial charge is 0.348 e. The van der Waals surface area contributed by atoms with E-state index in [-0.39, 0.29) is 11.6 Å². The fraction of sp³-hybridized carbons (Fsp3) is 0.0526. The summed E-state index contributed by atoms with van der Waals surface area (Å²) in [5.41, 5.74) is 1.97. The standard InChI is InChI=1S/C19H15ClN4O2/c20-15-3-5-16(6-4-15)24-19(26)17-10-14(7-9-22-17)18(25)23-12-13-2-1-8-21-11-13/h1-11H,12H2,(H,23,25)(H,24,26). The Labute approximate surface area is 155 Å². The number of rotatable bonds is 5. The smallest absolute Gasteiger partial charge is 0.274 e. The van der Waals surface area contributed by atoms with Crippen molar-refractivity contribution in [3.8, 4) is 0 Å². The van der Waals surface area contributed by atoms with Crippen molar-refractivity contribution in [3.63, 3.8) is 0 Å². The molecule has 0 radical (unpaired) electrons. The van der Waals surface area contributed by atoms with Crippen LogP contribution in [0.5, 0.6) is 0 Å². The highest BCUT2D eigenvalue weighted by Gasteiger charge is 2.12. The lowest BCUT2D eigenvalue weighted by molar-refractivity contribution is 0.0950. The molecule has 2 aromatic heterocycles. The summed E-state index contributed by atoms with van der Waals surface area (Å²) in [6, 6.07) is 13.4. The molecule has 6 nitrogen and oxygen atoms in total. The van der Waals surface area contributed by atoms with E-state index in [0.29, 0.717) is 22.8 Å². The van der Waals surface area contributed by atoms with Crippen LogP contribution in [0.3, 0.4) is 0 Å². The maximum absolute atomic E-state index is 12.3. The molecule has 0 saturated heterocycles. The van der Waals surface area contributed by atoms with Crippen LogP contribution in [0.1, 0.15) is 26.4 Å². The van der Waals surface area contributed by atoms with Crippen LogP contribution < -0.4 is 10.6 Å². The number of aromatic nitrogens is 2. The van der Waals surface area contributed by atoms with Gasteiger partial charge in [-0.25, -0.2) is 0 Å². The Bertz CT molecular complexity index is 914.